The highest BCUT2D eigenvalue weighted by molar-refractivity contribution is 9.10. The number of aryl methyl sites for hydroxylation is 1. The van der Waals surface area contributed by atoms with E-state index in [2.05, 4.69) is 27.2 Å². The summed E-state index contributed by atoms with van der Waals surface area (Å²) < 4.78 is 0.784. The van der Waals surface area contributed by atoms with E-state index in [1.807, 2.05) is 19.1 Å². The van der Waals surface area contributed by atoms with Crippen molar-refractivity contribution in [1.82, 2.24) is 5.32 Å². The number of carbonyl (C=O) groups excluding carboxylic acids is 1. The molecule has 1 aromatic carbocycles. The first kappa shape index (κ1) is 10.8. The Bertz CT molecular complexity index is 393. The third-order valence-electron chi connectivity index (χ3n) is 1.72. The van der Waals surface area contributed by atoms with Crippen LogP contribution >= 0.6 is 15.9 Å². The summed E-state index contributed by atoms with van der Waals surface area (Å²) in [4.78, 5) is 11.5. The maximum absolute atomic E-state index is 11.5. The number of halogens is 1. The fraction of sp³-hybridized carbons (Fsp3) is 0.182. The number of terminal acetylenes is 1. The van der Waals surface area contributed by atoms with Gasteiger partial charge in [0.25, 0.3) is 5.91 Å². The standard InChI is InChI=1S/C11H10BrNO/c1-3-6-13-11(14)9-5-4-8(2)7-10(9)12/h1,4-5,7H,6H2,2H3,(H,13,14). The summed E-state index contributed by atoms with van der Waals surface area (Å²) in [6, 6.07) is 5.55. The van der Waals surface area contributed by atoms with Gasteiger partial charge in [-0.3, -0.25) is 4.79 Å². The van der Waals surface area contributed by atoms with Gasteiger partial charge in [0.15, 0.2) is 0 Å². The Morgan fingerprint density at radius 1 is 1.64 bits per heavy atom. The van der Waals surface area contributed by atoms with Gasteiger partial charge in [-0.2, -0.15) is 0 Å². The van der Waals surface area contributed by atoms with Crippen LogP contribution in [0.15, 0.2) is 22.7 Å². The van der Waals surface area contributed by atoms with Crippen molar-refractivity contribution in [2.75, 3.05) is 6.54 Å². The number of amides is 1. The van der Waals surface area contributed by atoms with E-state index in [0.29, 0.717) is 5.56 Å². The summed E-state index contributed by atoms with van der Waals surface area (Å²) in [7, 11) is 0. The van der Waals surface area contributed by atoms with E-state index in [1.54, 1.807) is 6.07 Å². The molecule has 14 heavy (non-hydrogen) atoms. The third kappa shape index (κ3) is 2.61. The minimum Gasteiger partial charge on any atom is -0.341 e. The Kier molecular flexibility index (Phi) is 3.73. The molecule has 0 aliphatic carbocycles. The fourth-order valence-electron chi connectivity index (χ4n) is 1.03. The first-order valence-corrected chi connectivity index (χ1v) is 4.92. The summed E-state index contributed by atoms with van der Waals surface area (Å²) in [6.45, 7) is 2.22. The Hall–Kier alpha value is -1.27. The molecule has 1 N–H and O–H groups in total. The van der Waals surface area contributed by atoms with Gasteiger partial charge in [0.1, 0.15) is 0 Å². The Morgan fingerprint density at radius 3 is 2.93 bits per heavy atom. The molecule has 3 heteroatoms. The highest BCUT2D eigenvalue weighted by Gasteiger charge is 2.08. The molecule has 0 saturated heterocycles. The Balaban J connectivity index is 2.86. The van der Waals surface area contributed by atoms with Gasteiger partial charge in [0.05, 0.1) is 12.1 Å². The minimum atomic E-state index is -0.158. The second-order valence-electron chi connectivity index (χ2n) is 2.87. The molecule has 0 fully saturated rings. The lowest BCUT2D eigenvalue weighted by Crippen LogP contribution is -2.23. The largest absolute Gasteiger partial charge is 0.341 e. The van der Waals surface area contributed by atoms with E-state index in [4.69, 9.17) is 6.42 Å². The van der Waals surface area contributed by atoms with Crippen molar-refractivity contribution in [3.05, 3.63) is 33.8 Å². The maximum Gasteiger partial charge on any atom is 0.253 e. The van der Waals surface area contributed by atoms with Crippen molar-refractivity contribution in [3.63, 3.8) is 0 Å². The van der Waals surface area contributed by atoms with Gasteiger partial charge in [-0.05, 0) is 40.5 Å². The van der Waals surface area contributed by atoms with E-state index in [1.165, 1.54) is 0 Å². The topological polar surface area (TPSA) is 29.1 Å². The zero-order valence-electron chi connectivity index (χ0n) is 7.80. The van der Waals surface area contributed by atoms with Gasteiger partial charge in [-0.25, -0.2) is 0 Å². The number of hydrogen-bond acceptors (Lipinski definition) is 1. The molecule has 0 heterocycles. The summed E-state index contributed by atoms with van der Waals surface area (Å²) in [6.07, 6.45) is 5.04. The normalized spacial score (nSPS) is 9.21. The molecule has 72 valence electrons. The van der Waals surface area contributed by atoms with Crippen molar-refractivity contribution >= 4 is 21.8 Å². The summed E-state index contributed by atoms with van der Waals surface area (Å²) in [5.74, 6) is 2.19. The molecule has 1 rings (SSSR count). The molecule has 0 aliphatic rings. The van der Waals surface area contributed by atoms with Crippen LogP contribution in [-0.2, 0) is 0 Å². The second-order valence-corrected chi connectivity index (χ2v) is 3.72. The maximum atomic E-state index is 11.5. The van der Waals surface area contributed by atoms with Crippen LogP contribution in [0.1, 0.15) is 15.9 Å². The first-order chi connectivity index (χ1) is 6.65. The molecule has 0 atom stereocenters. The van der Waals surface area contributed by atoms with Crippen LogP contribution in [0.4, 0.5) is 0 Å². The van der Waals surface area contributed by atoms with E-state index >= 15 is 0 Å². The monoisotopic (exact) mass is 251 g/mol. The zero-order valence-corrected chi connectivity index (χ0v) is 9.39. The predicted octanol–water partition coefficient (Wildman–Crippen LogP) is 2.12. The second kappa shape index (κ2) is 4.83. The SMILES string of the molecule is C#CCNC(=O)c1ccc(C)cc1Br. The third-order valence-corrected chi connectivity index (χ3v) is 2.38. The lowest BCUT2D eigenvalue weighted by Gasteiger charge is -2.04. The van der Waals surface area contributed by atoms with Crippen molar-refractivity contribution in [2.45, 2.75) is 6.92 Å². The molecule has 0 spiro atoms. The summed E-state index contributed by atoms with van der Waals surface area (Å²) in [5.41, 5.74) is 1.70. The number of carbonyl (C=O) groups is 1. The lowest BCUT2D eigenvalue weighted by atomic mass is 10.1. The first-order valence-electron chi connectivity index (χ1n) is 4.13. The van der Waals surface area contributed by atoms with Crippen LogP contribution in [0.25, 0.3) is 0 Å². The molecule has 0 radical (unpaired) electrons. The van der Waals surface area contributed by atoms with Crippen LogP contribution in [0, 0.1) is 19.3 Å². The average molecular weight is 252 g/mol. The van der Waals surface area contributed by atoms with Gasteiger partial charge in [-0.1, -0.05) is 12.0 Å². The predicted molar refractivity (Wildman–Crippen MR) is 60.0 cm³/mol. The Labute approximate surface area is 91.8 Å². The molecule has 0 unspecified atom stereocenters. The molecular formula is C11H10BrNO. The Morgan fingerprint density at radius 2 is 2.36 bits per heavy atom. The molecule has 0 saturated carbocycles. The van der Waals surface area contributed by atoms with E-state index in [9.17, 15) is 4.79 Å². The van der Waals surface area contributed by atoms with E-state index in [0.717, 1.165) is 10.0 Å². The van der Waals surface area contributed by atoms with Crippen molar-refractivity contribution in [3.8, 4) is 12.3 Å². The van der Waals surface area contributed by atoms with Crippen molar-refractivity contribution in [2.24, 2.45) is 0 Å². The van der Waals surface area contributed by atoms with Crippen LogP contribution < -0.4 is 5.32 Å². The summed E-state index contributed by atoms with van der Waals surface area (Å²) >= 11 is 3.33. The van der Waals surface area contributed by atoms with Crippen molar-refractivity contribution < 1.29 is 4.79 Å². The smallest absolute Gasteiger partial charge is 0.253 e. The number of nitrogens with one attached hydrogen (secondary N) is 1. The van der Waals surface area contributed by atoms with Gasteiger partial charge < -0.3 is 5.32 Å². The van der Waals surface area contributed by atoms with E-state index < -0.39 is 0 Å². The zero-order chi connectivity index (χ0) is 10.6. The average Bonchev–Trinajstić information content (AvgIpc) is 2.14. The van der Waals surface area contributed by atoms with Crippen molar-refractivity contribution in [1.29, 1.82) is 0 Å². The van der Waals surface area contributed by atoms with Crippen LogP contribution in [0.2, 0.25) is 0 Å². The molecule has 1 aromatic rings. The number of benzene rings is 1. The molecule has 1 amide bonds. The van der Waals surface area contributed by atoms with Gasteiger partial charge in [0, 0.05) is 4.47 Å². The number of hydrogen-bond donors (Lipinski definition) is 1. The summed E-state index contributed by atoms with van der Waals surface area (Å²) in [5, 5.41) is 2.60. The van der Waals surface area contributed by atoms with Crippen LogP contribution in [-0.4, -0.2) is 12.5 Å². The lowest BCUT2D eigenvalue weighted by molar-refractivity contribution is 0.0958. The molecule has 2 nitrogen and oxygen atoms in total. The molecule has 0 aromatic heterocycles. The molecule has 0 bridgehead atoms. The highest BCUT2D eigenvalue weighted by Crippen LogP contribution is 2.17. The van der Waals surface area contributed by atoms with Gasteiger partial charge in [-0.15, -0.1) is 6.42 Å². The van der Waals surface area contributed by atoms with Gasteiger partial charge >= 0.3 is 0 Å². The van der Waals surface area contributed by atoms with Crippen LogP contribution in [0.5, 0.6) is 0 Å². The van der Waals surface area contributed by atoms with E-state index in [-0.39, 0.29) is 12.5 Å². The number of rotatable bonds is 2. The quantitative estimate of drug-likeness (QED) is 0.802. The molecular weight excluding hydrogens is 242 g/mol. The minimum absolute atomic E-state index is 0.158. The fourth-order valence-corrected chi connectivity index (χ4v) is 1.70. The molecule has 0 aliphatic heterocycles. The van der Waals surface area contributed by atoms with Crippen LogP contribution in [0.3, 0.4) is 0 Å². The highest BCUT2D eigenvalue weighted by atomic mass is 79.9. The van der Waals surface area contributed by atoms with Gasteiger partial charge in [0.2, 0.25) is 0 Å².